The summed E-state index contributed by atoms with van der Waals surface area (Å²) >= 11 is 0. The van der Waals surface area contributed by atoms with Crippen LogP contribution in [-0.4, -0.2) is 75.8 Å². The summed E-state index contributed by atoms with van der Waals surface area (Å²) in [6, 6.07) is 18.3. The summed E-state index contributed by atoms with van der Waals surface area (Å²) in [4.78, 5) is 15.5. The normalized spacial score (nSPS) is 15.4. The number of ether oxygens (including phenoxy) is 1. The second kappa shape index (κ2) is 11.6. The Balaban J connectivity index is 1.09. The summed E-state index contributed by atoms with van der Waals surface area (Å²) in [5.41, 5.74) is 3.89. The van der Waals surface area contributed by atoms with Crippen molar-refractivity contribution in [3.05, 3.63) is 78.9 Å². The molecule has 40 heavy (non-hydrogen) atoms. The number of aromatic nitrogens is 5. The van der Waals surface area contributed by atoms with Gasteiger partial charge in [-0.15, -0.1) is 0 Å². The minimum Gasteiger partial charge on any atom is -0.478 e. The molecule has 1 aliphatic heterocycles. The third-order valence-corrected chi connectivity index (χ3v) is 8.74. The van der Waals surface area contributed by atoms with Gasteiger partial charge in [0.05, 0.1) is 48.1 Å². The Kier molecular flexibility index (Phi) is 7.56. The molecule has 0 aliphatic carbocycles. The molecule has 1 saturated heterocycles. The molecule has 6 rings (SSSR count). The van der Waals surface area contributed by atoms with Gasteiger partial charge < -0.3 is 15.0 Å². The lowest BCUT2D eigenvalue weighted by Crippen LogP contribution is -2.40. The summed E-state index contributed by atoms with van der Waals surface area (Å²) in [5, 5.41) is 9.87. The van der Waals surface area contributed by atoms with Gasteiger partial charge in [-0.25, -0.2) is 23.4 Å². The molecule has 2 aromatic carbocycles. The summed E-state index contributed by atoms with van der Waals surface area (Å²) < 4.78 is 31.1. The van der Waals surface area contributed by atoms with Crippen molar-refractivity contribution in [2.24, 2.45) is 0 Å². The Hall–Kier alpha value is -4.09. The average Bonchev–Trinajstić information content (AvgIpc) is 3.36. The third kappa shape index (κ3) is 6.21. The first-order valence-electron chi connectivity index (χ1n) is 13.5. The fourth-order valence-corrected chi connectivity index (χ4v) is 6.17. The zero-order valence-electron chi connectivity index (χ0n) is 22.1. The van der Waals surface area contributed by atoms with Gasteiger partial charge in [-0.3, -0.25) is 4.68 Å². The largest absolute Gasteiger partial charge is 0.478 e. The maximum atomic E-state index is 11.6. The van der Waals surface area contributed by atoms with Crippen LogP contribution >= 0.6 is 0 Å². The van der Waals surface area contributed by atoms with Crippen molar-refractivity contribution < 1.29 is 13.2 Å². The Bertz CT molecular complexity index is 1710. The number of sulfone groups is 1. The highest BCUT2D eigenvalue weighted by Gasteiger charge is 2.20. The highest BCUT2D eigenvalue weighted by molar-refractivity contribution is 7.91. The zero-order valence-corrected chi connectivity index (χ0v) is 22.9. The van der Waals surface area contributed by atoms with Crippen molar-refractivity contribution in [1.82, 2.24) is 29.6 Å². The van der Waals surface area contributed by atoms with Gasteiger partial charge in [-0.05, 0) is 43.1 Å². The number of pyridine rings is 1. The van der Waals surface area contributed by atoms with Gasteiger partial charge in [0.2, 0.25) is 5.88 Å². The molecule has 0 bridgehead atoms. The first kappa shape index (κ1) is 26.1. The number of fused-ring (bicyclic) bond motifs is 2. The Labute approximate surface area is 233 Å². The minimum absolute atomic E-state index is 0.259. The van der Waals surface area contributed by atoms with Crippen LogP contribution in [0.25, 0.3) is 21.8 Å². The van der Waals surface area contributed by atoms with Crippen LogP contribution in [0.15, 0.2) is 73.3 Å². The second-order valence-corrected chi connectivity index (χ2v) is 12.3. The average molecular weight is 558 g/mol. The van der Waals surface area contributed by atoms with Crippen LogP contribution in [0.3, 0.4) is 0 Å². The number of anilines is 2. The topological polar surface area (TPSA) is 115 Å². The van der Waals surface area contributed by atoms with E-state index < -0.39 is 9.84 Å². The molecule has 0 unspecified atom stereocenters. The van der Waals surface area contributed by atoms with E-state index in [2.05, 4.69) is 54.5 Å². The van der Waals surface area contributed by atoms with Crippen LogP contribution < -0.4 is 10.1 Å². The predicted octanol–water partition coefficient (Wildman–Crippen LogP) is 4.06. The summed E-state index contributed by atoms with van der Waals surface area (Å²) in [7, 11) is -2.84. The third-order valence-electron chi connectivity index (χ3n) is 7.13. The SMILES string of the molecule is O=S1(=O)CCN(CCCCOc2cc3c(Nc4ccc5c(cnn5Cc5ccccc5)c4)ncnc3cn2)CC1. The van der Waals surface area contributed by atoms with Gasteiger partial charge in [-0.1, -0.05) is 30.3 Å². The van der Waals surface area contributed by atoms with Crippen LogP contribution in [0.4, 0.5) is 11.5 Å². The number of benzene rings is 2. The Morgan fingerprint density at radius 1 is 0.925 bits per heavy atom. The quantitative estimate of drug-likeness (QED) is 0.254. The molecule has 0 saturated carbocycles. The van der Waals surface area contributed by atoms with E-state index in [-0.39, 0.29) is 11.5 Å². The van der Waals surface area contributed by atoms with Crippen LogP contribution in [0.1, 0.15) is 18.4 Å². The van der Waals surface area contributed by atoms with Crippen LogP contribution in [0.5, 0.6) is 5.88 Å². The van der Waals surface area contributed by atoms with Crippen molar-refractivity contribution in [2.45, 2.75) is 19.4 Å². The molecule has 0 amide bonds. The predicted molar refractivity (Wildman–Crippen MR) is 156 cm³/mol. The number of unbranched alkanes of at least 4 members (excludes halogenated alkanes) is 1. The van der Waals surface area contributed by atoms with Crippen LogP contribution in [0, 0.1) is 0 Å². The lowest BCUT2D eigenvalue weighted by Gasteiger charge is -2.26. The number of rotatable bonds is 10. The lowest BCUT2D eigenvalue weighted by atomic mass is 10.2. The van der Waals surface area contributed by atoms with Gasteiger partial charge in [-0.2, -0.15) is 5.10 Å². The molecule has 1 N–H and O–H groups in total. The minimum atomic E-state index is -2.84. The molecular formula is C29H31N7O3S. The monoisotopic (exact) mass is 557 g/mol. The van der Waals surface area contributed by atoms with Gasteiger partial charge in [0.15, 0.2) is 9.84 Å². The van der Waals surface area contributed by atoms with Crippen molar-refractivity contribution in [1.29, 1.82) is 0 Å². The van der Waals surface area contributed by atoms with E-state index >= 15 is 0 Å². The number of hydrogen-bond acceptors (Lipinski definition) is 9. The molecule has 206 valence electrons. The van der Waals surface area contributed by atoms with E-state index in [9.17, 15) is 8.42 Å². The van der Waals surface area contributed by atoms with E-state index in [0.29, 0.717) is 37.9 Å². The van der Waals surface area contributed by atoms with Crippen LogP contribution in [0.2, 0.25) is 0 Å². The molecule has 1 aliphatic rings. The standard InChI is InChI=1S/C29H31N7O3S/c37-40(38)14-11-35(12-15-40)10-4-5-13-39-28-17-25-26(19-30-28)31-21-32-29(25)34-24-8-9-27-23(16-24)18-33-36(27)20-22-6-2-1-3-7-22/h1-3,6-9,16-19,21H,4-5,10-15,20H2,(H,31,32,34). The van der Waals surface area contributed by atoms with E-state index in [1.54, 1.807) is 6.20 Å². The lowest BCUT2D eigenvalue weighted by molar-refractivity contribution is 0.258. The number of nitrogens with one attached hydrogen (secondary N) is 1. The Morgan fingerprint density at radius 2 is 1.77 bits per heavy atom. The summed E-state index contributed by atoms with van der Waals surface area (Å²) in [6.45, 7) is 3.36. The fourth-order valence-electron chi connectivity index (χ4n) is 4.89. The molecular weight excluding hydrogens is 526 g/mol. The maximum Gasteiger partial charge on any atom is 0.214 e. The fraction of sp³-hybridized carbons (Fsp3) is 0.310. The van der Waals surface area contributed by atoms with Crippen molar-refractivity contribution in [2.75, 3.05) is 43.1 Å². The molecule has 11 heteroatoms. The van der Waals surface area contributed by atoms with Gasteiger partial charge in [0, 0.05) is 35.6 Å². The van der Waals surface area contributed by atoms with E-state index in [0.717, 1.165) is 46.9 Å². The van der Waals surface area contributed by atoms with Crippen molar-refractivity contribution >= 4 is 43.1 Å². The summed E-state index contributed by atoms with van der Waals surface area (Å²) in [6.07, 6.45) is 6.90. The molecule has 0 atom stereocenters. The van der Waals surface area contributed by atoms with Crippen LogP contribution in [-0.2, 0) is 16.4 Å². The molecule has 0 spiro atoms. The zero-order chi connectivity index (χ0) is 27.4. The molecule has 10 nitrogen and oxygen atoms in total. The molecule has 4 heterocycles. The highest BCUT2D eigenvalue weighted by atomic mass is 32.2. The highest BCUT2D eigenvalue weighted by Crippen LogP contribution is 2.27. The molecule has 3 aromatic heterocycles. The molecule has 1 fully saturated rings. The molecule has 5 aromatic rings. The van der Waals surface area contributed by atoms with Gasteiger partial charge >= 0.3 is 0 Å². The van der Waals surface area contributed by atoms with E-state index in [1.807, 2.05) is 41.2 Å². The number of nitrogens with zero attached hydrogens (tertiary/aromatic N) is 6. The van der Waals surface area contributed by atoms with E-state index in [1.165, 1.54) is 11.9 Å². The number of hydrogen-bond donors (Lipinski definition) is 1. The Morgan fingerprint density at radius 3 is 2.62 bits per heavy atom. The van der Waals surface area contributed by atoms with Gasteiger partial charge in [0.25, 0.3) is 0 Å². The summed E-state index contributed by atoms with van der Waals surface area (Å²) in [5.74, 6) is 1.71. The smallest absolute Gasteiger partial charge is 0.214 e. The van der Waals surface area contributed by atoms with Gasteiger partial charge in [0.1, 0.15) is 12.1 Å². The first-order chi connectivity index (χ1) is 19.5. The first-order valence-corrected chi connectivity index (χ1v) is 15.3. The van der Waals surface area contributed by atoms with E-state index in [4.69, 9.17) is 4.74 Å². The second-order valence-electron chi connectivity index (χ2n) is 10.00. The van der Waals surface area contributed by atoms with Crippen molar-refractivity contribution in [3.8, 4) is 5.88 Å². The van der Waals surface area contributed by atoms with Crippen molar-refractivity contribution in [3.63, 3.8) is 0 Å². The molecule has 0 radical (unpaired) electrons. The maximum absolute atomic E-state index is 11.6.